The Morgan fingerprint density at radius 1 is 1.12 bits per heavy atom. The van der Waals surface area contributed by atoms with Crippen LogP contribution >= 0.6 is 11.6 Å². The van der Waals surface area contributed by atoms with Gasteiger partial charge in [-0.1, -0.05) is 23.7 Å². The van der Waals surface area contributed by atoms with Crippen molar-refractivity contribution in [2.45, 2.75) is 57.2 Å². The number of amidine groups is 1. The Morgan fingerprint density at radius 2 is 1.82 bits per heavy atom. The summed E-state index contributed by atoms with van der Waals surface area (Å²) in [6.45, 7) is 3.87. The first-order valence-corrected chi connectivity index (χ1v) is 11.5. The molecule has 1 saturated carbocycles. The normalized spacial score (nSPS) is 24.9. The molecule has 1 atom stereocenters. The maximum absolute atomic E-state index is 9.40. The Hall–Kier alpha value is -2.70. The van der Waals surface area contributed by atoms with Crippen molar-refractivity contribution in [2.24, 2.45) is 21.6 Å². The molecule has 2 radical (unpaired) electrons. The number of aryl methyl sites for hydroxylation is 1. The van der Waals surface area contributed by atoms with Crippen molar-refractivity contribution in [2.75, 3.05) is 0 Å². The van der Waals surface area contributed by atoms with Crippen LogP contribution in [0.5, 0.6) is 0 Å². The number of ether oxygens (including phenoxy) is 1. The Bertz CT molecular complexity index is 1190. The number of hydrogen-bond acceptors (Lipinski definition) is 7. The molecule has 34 heavy (non-hydrogen) atoms. The molecule has 4 N–H and O–H groups in total. The summed E-state index contributed by atoms with van der Waals surface area (Å²) in [7, 11) is 5.20. The second-order valence-electron chi connectivity index (χ2n) is 9.04. The molecule has 1 aliphatic carbocycles. The van der Waals surface area contributed by atoms with E-state index in [1.807, 2.05) is 32.0 Å². The van der Waals surface area contributed by atoms with Gasteiger partial charge in [-0.15, -0.1) is 0 Å². The largest absolute Gasteiger partial charge is 0.382 e. The summed E-state index contributed by atoms with van der Waals surface area (Å²) in [5.41, 5.74) is 10.2. The average molecular weight is 477 g/mol. The van der Waals surface area contributed by atoms with Gasteiger partial charge in [-0.05, 0) is 80.5 Å². The van der Waals surface area contributed by atoms with E-state index in [1.165, 1.54) is 0 Å². The second kappa shape index (κ2) is 9.16. The van der Waals surface area contributed by atoms with Crippen molar-refractivity contribution in [3.8, 4) is 17.2 Å². The molecule has 2 aromatic carbocycles. The van der Waals surface area contributed by atoms with Crippen LogP contribution in [-0.4, -0.2) is 41.6 Å². The summed E-state index contributed by atoms with van der Waals surface area (Å²) in [5, 5.41) is 28.6. The number of nitrogens with two attached hydrogens (primary N) is 1. The fourth-order valence-corrected chi connectivity index (χ4v) is 5.21. The first kappa shape index (κ1) is 24.4. The van der Waals surface area contributed by atoms with E-state index >= 15 is 0 Å². The minimum atomic E-state index is -2.65. The predicted octanol–water partition coefficient (Wildman–Crippen LogP) is 3.51. The van der Waals surface area contributed by atoms with Gasteiger partial charge in [0.15, 0.2) is 13.5 Å². The zero-order chi connectivity index (χ0) is 24.7. The van der Waals surface area contributed by atoms with E-state index in [0.29, 0.717) is 47.8 Å². The van der Waals surface area contributed by atoms with E-state index in [4.69, 9.17) is 39.9 Å². The lowest BCUT2D eigenvalue weighted by atomic mass is 9.74. The van der Waals surface area contributed by atoms with Gasteiger partial charge in [-0.2, -0.15) is 5.26 Å². The summed E-state index contributed by atoms with van der Waals surface area (Å²) < 4.78 is 5.16. The van der Waals surface area contributed by atoms with Gasteiger partial charge in [0.25, 0.3) is 0 Å². The van der Waals surface area contributed by atoms with E-state index in [0.717, 1.165) is 22.3 Å². The third-order valence-corrected chi connectivity index (χ3v) is 6.80. The third-order valence-electron chi connectivity index (χ3n) is 6.58. The SMILES string of the molecule is [B]C(O)(O)OC1CCC(C2(c3cc(-c4cc(Cl)cc(C#N)c4)ccc3C)N=C(C)C(N)=N2)CC1. The van der Waals surface area contributed by atoms with Gasteiger partial charge in [0.2, 0.25) is 5.87 Å². The Morgan fingerprint density at radius 3 is 2.41 bits per heavy atom. The lowest BCUT2D eigenvalue weighted by Gasteiger charge is -2.39. The molecule has 4 rings (SSSR count). The first-order chi connectivity index (χ1) is 16.0. The molecule has 0 aromatic heterocycles. The number of aliphatic hydroxyl groups is 2. The van der Waals surface area contributed by atoms with Crippen LogP contribution in [-0.2, 0) is 10.4 Å². The maximum atomic E-state index is 9.40. The van der Waals surface area contributed by atoms with Crippen molar-refractivity contribution in [3.63, 3.8) is 0 Å². The molecule has 0 amide bonds. The van der Waals surface area contributed by atoms with Gasteiger partial charge in [0, 0.05) is 16.5 Å². The second-order valence-corrected chi connectivity index (χ2v) is 9.48. The van der Waals surface area contributed by atoms with E-state index < -0.39 is 11.5 Å². The molecule has 2 aromatic rings. The Balaban J connectivity index is 1.75. The summed E-state index contributed by atoms with van der Waals surface area (Å²) in [4.78, 5) is 9.88. The monoisotopic (exact) mass is 476 g/mol. The first-order valence-electron chi connectivity index (χ1n) is 11.2. The molecule has 0 bridgehead atoms. The molecule has 0 saturated heterocycles. The van der Waals surface area contributed by atoms with Crippen LogP contribution in [0.2, 0.25) is 5.02 Å². The molecule has 1 aliphatic heterocycles. The van der Waals surface area contributed by atoms with Crippen LogP contribution < -0.4 is 5.73 Å². The molecule has 7 nitrogen and oxygen atoms in total. The summed E-state index contributed by atoms with van der Waals surface area (Å²) in [6.07, 6.45) is 2.16. The highest BCUT2D eigenvalue weighted by Gasteiger charge is 2.46. The number of nitriles is 1. The predicted molar refractivity (Wildman–Crippen MR) is 133 cm³/mol. The van der Waals surface area contributed by atoms with E-state index in [1.54, 1.807) is 12.1 Å². The minimum absolute atomic E-state index is 0.0240. The summed E-state index contributed by atoms with van der Waals surface area (Å²) in [6, 6.07) is 13.5. The molecule has 1 fully saturated rings. The highest BCUT2D eigenvalue weighted by atomic mass is 35.5. The number of benzene rings is 2. The summed E-state index contributed by atoms with van der Waals surface area (Å²) >= 11 is 6.26. The highest BCUT2D eigenvalue weighted by Crippen LogP contribution is 2.48. The van der Waals surface area contributed by atoms with Gasteiger partial charge in [-0.3, -0.25) is 4.99 Å². The lowest BCUT2D eigenvalue weighted by molar-refractivity contribution is -0.298. The van der Waals surface area contributed by atoms with E-state index in [2.05, 4.69) is 12.1 Å². The topological polar surface area (TPSA) is 124 Å². The number of aliphatic imine (C=N–C) groups is 2. The zero-order valence-corrected chi connectivity index (χ0v) is 19.9. The molecule has 1 heterocycles. The van der Waals surface area contributed by atoms with Gasteiger partial charge in [-0.25, -0.2) is 4.99 Å². The van der Waals surface area contributed by atoms with E-state index in [-0.39, 0.29) is 12.0 Å². The number of nitrogens with zero attached hydrogens (tertiary/aromatic N) is 3. The maximum Gasteiger partial charge on any atom is 0.217 e. The quantitative estimate of drug-likeness (QED) is 0.450. The molecule has 2 aliphatic rings. The number of halogens is 1. The average Bonchev–Trinajstić information content (AvgIpc) is 3.08. The molecule has 9 heteroatoms. The summed E-state index contributed by atoms with van der Waals surface area (Å²) in [5.74, 6) is -2.22. The van der Waals surface area contributed by atoms with Crippen LogP contribution in [0, 0.1) is 24.2 Å². The minimum Gasteiger partial charge on any atom is -0.382 e. The Kier molecular flexibility index (Phi) is 6.58. The Labute approximate surface area is 205 Å². The van der Waals surface area contributed by atoms with Crippen molar-refractivity contribution in [1.82, 2.24) is 0 Å². The highest BCUT2D eigenvalue weighted by molar-refractivity contribution is 6.41. The van der Waals surface area contributed by atoms with Crippen LogP contribution in [0.1, 0.15) is 49.3 Å². The zero-order valence-electron chi connectivity index (χ0n) is 19.1. The number of hydrogen-bond donors (Lipinski definition) is 3. The van der Waals surface area contributed by atoms with E-state index in [9.17, 15) is 15.5 Å². The molecule has 174 valence electrons. The fourth-order valence-electron chi connectivity index (χ4n) is 4.97. The van der Waals surface area contributed by atoms with Gasteiger partial charge >= 0.3 is 0 Å². The van der Waals surface area contributed by atoms with Crippen molar-refractivity contribution in [1.29, 1.82) is 5.26 Å². The van der Waals surface area contributed by atoms with Crippen molar-refractivity contribution in [3.05, 3.63) is 58.1 Å². The molecule has 0 spiro atoms. The third kappa shape index (κ3) is 4.89. The smallest absolute Gasteiger partial charge is 0.217 e. The van der Waals surface area contributed by atoms with Crippen molar-refractivity contribution >= 4 is 31.0 Å². The molecule has 1 unspecified atom stereocenters. The number of rotatable bonds is 5. The fraction of sp³-hybridized carbons (Fsp3) is 0.400. The van der Waals surface area contributed by atoms with Gasteiger partial charge < -0.3 is 20.7 Å². The van der Waals surface area contributed by atoms with Crippen molar-refractivity contribution < 1.29 is 14.9 Å². The lowest BCUT2D eigenvalue weighted by Crippen LogP contribution is -2.41. The van der Waals surface area contributed by atoms with Gasteiger partial charge in [0.05, 0.1) is 23.4 Å². The van der Waals surface area contributed by atoms with Crippen LogP contribution in [0.4, 0.5) is 0 Å². The molecular formula is C25H26BClN4O3. The van der Waals surface area contributed by atoms with Crippen LogP contribution in [0.15, 0.2) is 46.4 Å². The van der Waals surface area contributed by atoms with Gasteiger partial charge in [0.1, 0.15) is 5.84 Å². The molecular weight excluding hydrogens is 451 g/mol. The van der Waals surface area contributed by atoms with Crippen LogP contribution in [0.3, 0.4) is 0 Å². The standard InChI is InChI=1S/C25H26BClN4O3/c1-14-3-4-17(18-9-16(13-28)10-20(27)11-18)12-22(14)24(30-15(2)23(29)31-24)19-5-7-21(8-6-19)34-25(26,32)33/h3-4,9-12,19,21,32-33H,5-8H2,1-2H3,(H2,29,31). The van der Waals surface area contributed by atoms with Crippen LogP contribution in [0.25, 0.3) is 11.1 Å².